The Morgan fingerprint density at radius 3 is 2.82 bits per heavy atom. The molecule has 0 radical (unpaired) electrons. The summed E-state index contributed by atoms with van der Waals surface area (Å²) in [7, 11) is 0. The van der Waals surface area contributed by atoms with Crippen molar-refractivity contribution < 1.29 is 9.59 Å². The van der Waals surface area contributed by atoms with Gasteiger partial charge in [-0.05, 0) is 12.8 Å². The molecule has 0 spiro atoms. The van der Waals surface area contributed by atoms with Gasteiger partial charge in [0, 0.05) is 32.1 Å². The molecule has 2 aliphatic rings. The lowest BCUT2D eigenvalue weighted by atomic mass is 9.84. The number of amides is 2. The molecule has 2 unspecified atom stereocenters. The van der Waals surface area contributed by atoms with Crippen LogP contribution in [-0.4, -0.2) is 42.4 Å². The summed E-state index contributed by atoms with van der Waals surface area (Å²) in [6, 6.07) is 0.00293. The summed E-state index contributed by atoms with van der Waals surface area (Å²) in [5.41, 5.74) is 6.02. The van der Waals surface area contributed by atoms with Gasteiger partial charge in [0.25, 0.3) is 0 Å². The fourth-order valence-electron chi connectivity index (χ4n) is 2.69. The van der Waals surface area contributed by atoms with E-state index in [1.807, 2.05) is 0 Å². The molecule has 1 saturated carbocycles. The molecular formula is C12H21N3O2. The first-order valence-corrected chi connectivity index (χ1v) is 6.49. The van der Waals surface area contributed by atoms with E-state index in [0.717, 1.165) is 25.7 Å². The normalized spacial score (nSPS) is 30.6. The van der Waals surface area contributed by atoms with Gasteiger partial charge in [0.2, 0.25) is 11.8 Å². The third-order valence-corrected chi connectivity index (χ3v) is 3.76. The Morgan fingerprint density at radius 1 is 1.29 bits per heavy atom. The molecular weight excluding hydrogens is 218 g/mol. The second-order valence-electron chi connectivity index (χ2n) is 4.98. The zero-order chi connectivity index (χ0) is 12.3. The van der Waals surface area contributed by atoms with Crippen LogP contribution in [0.5, 0.6) is 0 Å². The van der Waals surface area contributed by atoms with Crippen molar-refractivity contribution in [2.24, 2.45) is 11.7 Å². The van der Waals surface area contributed by atoms with Crippen LogP contribution in [-0.2, 0) is 9.59 Å². The predicted octanol–water partition coefficient (Wildman–Crippen LogP) is -0.148. The molecule has 1 saturated heterocycles. The van der Waals surface area contributed by atoms with E-state index >= 15 is 0 Å². The number of hydrogen-bond acceptors (Lipinski definition) is 3. The predicted molar refractivity (Wildman–Crippen MR) is 64.1 cm³/mol. The highest BCUT2D eigenvalue weighted by molar-refractivity contribution is 5.82. The Hall–Kier alpha value is -1.10. The number of nitrogens with two attached hydrogens (primary N) is 1. The quantitative estimate of drug-likeness (QED) is 0.668. The largest absolute Gasteiger partial charge is 0.354 e. The molecule has 0 bridgehead atoms. The van der Waals surface area contributed by atoms with E-state index in [-0.39, 0.29) is 23.8 Å². The highest BCUT2D eigenvalue weighted by atomic mass is 16.2. The van der Waals surface area contributed by atoms with Gasteiger partial charge >= 0.3 is 0 Å². The van der Waals surface area contributed by atoms with Crippen LogP contribution in [0.25, 0.3) is 0 Å². The summed E-state index contributed by atoms with van der Waals surface area (Å²) < 4.78 is 0. The van der Waals surface area contributed by atoms with Crippen LogP contribution in [0, 0.1) is 5.92 Å². The molecule has 2 fully saturated rings. The average Bonchev–Trinajstić information content (AvgIpc) is 2.54. The second-order valence-corrected chi connectivity index (χ2v) is 4.98. The van der Waals surface area contributed by atoms with Gasteiger partial charge in [-0.3, -0.25) is 9.59 Å². The van der Waals surface area contributed by atoms with Gasteiger partial charge in [0.05, 0.1) is 5.92 Å². The highest BCUT2D eigenvalue weighted by Gasteiger charge is 2.32. The Bertz CT molecular complexity index is 306. The summed E-state index contributed by atoms with van der Waals surface area (Å²) >= 11 is 0. The molecule has 5 nitrogen and oxygen atoms in total. The molecule has 2 amide bonds. The van der Waals surface area contributed by atoms with E-state index < -0.39 is 0 Å². The van der Waals surface area contributed by atoms with Crippen molar-refractivity contribution in [2.45, 2.75) is 38.1 Å². The number of nitrogens with zero attached hydrogens (tertiary/aromatic N) is 1. The Balaban J connectivity index is 1.95. The lowest BCUT2D eigenvalue weighted by Gasteiger charge is -2.32. The third kappa shape index (κ3) is 2.97. The van der Waals surface area contributed by atoms with Gasteiger partial charge in [-0.1, -0.05) is 12.8 Å². The Kier molecular flexibility index (Phi) is 3.99. The van der Waals surface area contributed by atoms with Crippen LogP contribution in [0.3, 0.4) is 0 Å². The summed E-state index contributed by atoms with van der Waals surface area (Å²) in [6.45, 7) is 1.72. The maximum Gasteiger partial charge on any atom is 0.227 e. The number of hydrogen-bond donors (Lipinski definition) is 2. The van der Waals surface area contributed by atoms with E-state index in [1.54, 1.807) is 4.90 Å². The molecule has 96 valence electrons. The highest BCUT2D eigenvalue weighted by Crippen LogP contribution is 2.25. The standard InChI is InChI=1S/C12H21N3O2/c13-10-4-2-1-3-9(10)12(17)15-7-5-11(16)14-6-8-15/h9-10H,1-8,13H2,(H,14,16). The van der Waals surface area contributed by atoms with E-state index in [9.17, 15) is 9.59 Å². The topological polar surface area (TPSA) is 75.4 Å². The molecule has 0 aromatic carbocycles. The third-order valence-electron chi connectivity index (χ3n) is 3.76. The van der Waals surface area contributed by atoms with E-state index in [1.165, 1.54) is 0 Å². The molecule has 1 aliphatic heterocycles. The van der Waals surface area contributed by atoms with Crippen LogP contribution in [0.2, 0.25) is 0 Å². The van der Waals surface area contributed by atoms with Crippen LogP contribution in [0.15, 0.2) is 0 Å². The van der Waals surface area contributed by atoms with Crippen molar-refractivity contribution in [3.63, 3.8) is 0 Å². The summed E-state index contributed by atoms with van der Waals surface area (Å²) in [4.78, 5) is 25.3. The molecule has 0 aromatic heterocycles. The van der Waals surface area contributed by atoms with Crippen LogP contribution < -0.4 is 11.1 Å². The lowest BCUT2D eigenvalue weighted by molar-refractivity contribution is -0.136. The minimum atomic E-state index is -0.0306. The zero-order valence-electron chi connectivity index (χ0n) is 10.2. The molecule has 3 N–H and O–H groups in total. The van der Waals surface area contributed by atoms with Gasteiger partial charge in [-0.25, -0.2) is 0 Å². The zero-order valence-corrected chi connectivity index (χ0v) is 10.2. The number of carbonyl (C=O) groups is 2. The maximum absolute atomic E-state index is 12.3. The maximum atomic E-state index is 12.3. The van der Waals surface area contributed by atoms with Crippen LogP contribution in [0.4, 0.5) is 0 Å². The van der Waals surface area contributed by atoms with Crippen LogP contribution >= 0.6 is 0 Å². The van der Waals surface area contributed by atoms with Gasteiger partial charge < -0.3 is 16.0 Å². The number of carbonyl (C=O) groups excluding carboxylic acids is 2. The number of rotatable bonds is 1. The fourth-order valence-corrected chi connectivity index (χ4v) is 2.69. The van der Waals surface area contributed by atoms with Crippen molar-refractivity contribution in [3.8, 4) is 0 Å². The SMILES string of the molecule is NC1CCCCC1C(=O)N1CCNC(=O)CC1. The Labute approximate surface area is 102 Å². The lowest BCUT2D eigenvalue weighted by Crippen LogP contribution is -2.46. The van der Waals surface area contributed by atoms with Crippen molar-refractivity contribution in [1.82, 2.24) is 10.2 Å². The fraction of sp³-hybridized carbons (Fsp3) is 0.833. The Morgan fingerprint density at radius 2 is 2.06 bits per heavy atom. The summed E-state index contributed by atoms with van der Waals surface area (Å²) in [5, 5.41) is 2.78. The first-order chi connectivity index (χ1) is 8.18. The first kappa shape index (κ1) is 12.4. The van der Waals surface area contributed by atoms with Crippen molar-refractivity contribution in [3.05, 3.63) is 0 Å². The van der Waals surface area contributed by atoms with E-state index in [0.29, 0.717) is 26.1 Å². The molecule has 5 heteroatoms. The van der Waals surface area contributed by atoms with E-state index in [2.05, 4.69) is 5.32 Å². The minimum absolute atomic E-state index is 0.00293. The number of nitrogens with one attached hydrogen (secondary N) is 1. The molecule has 2 rings (SSSR count). The molecule has 1 heterocycles. The molecule has 1 aliphatic carbocycles. The van der Waals surface area contributed by atoms with E-state index in [4.69, 9.17) is 5.73 Å². The average molecular weight is 239 g/mol. The van der Waals surface area contributed by atoms with Gasteiger partial charge in [0.1, 0.15) is 0 Å². The monoisotopic (exact) mass is 239 g/mol. The van der Waals surface area contributed by atoms with Crippen molar-refractivity contribution >= 4 is 11.8 Å². The second kappa shape index (κ2) is 5.49. The van der Waals surface area contributed by atoms with Crippen molar-refractivity contribution in [1.29, 1.82) is 0 Å². The van der Waals surface area contributed by atoms with Gasteiger partial charge in [-0.15, -0.1) is 0 Å². The summed E-state index contributed by atoms with van der Waals surface area (Å²) in [5.74, 6) is 0.152. The smallest absolute Gasteiger partial charge is 0.227 e. The van der Waals surface area contributed by atoms with Gasteiger partial charge in [0.15, 0.2) is 0 Å². The molecule has 17 heavy (non-hydrogen) atoms. The van der Waals surface area contributed by atoms with Crippen molar-refractivity contribution in [2.75, 3.05) is 19.6 Å². The molecule has 2 atom stereocenters. The molecule has 0 aromatic rings. The van der Waals surface area contributed by atoms with Crippen LogP contribution in [0.1, 0.15) is 32.1 Å². The first-order valence-electron chi connectivity index (χ1n) is 6.49. The minimum Gasteiger partial charge on any atom is -0.354 e. The van der Waals surface area contributed by atoms with Gasteiger partial charge in [-0.2, -0.15) is 0 Å². The summed E-state index contributed by atoms with van der Waals surface area (Å²) in [6.07, 6.45) is 4.48.